The number of hydrogen-bond donors (Lipinski definition) is 3. The van der Waals surface area contributed by atoms with E-state index in [1.165, 1.54) is 4.90 Å². The van der Waals surface area contributed by atoms with Crippen molar-refractivity contribution in [2.24, 2.45) is 5.92 Å². The van der Waals surface area contributed by atoms with E-state index < -0.39 is 30.4 Å². The molecule has 0 saturated heterocycles. The zero-order valence-corrected chi connectivity index (χ0v) is 21.2. The molecule has 198 valence electrons. The van der Waals surface area contributed by atoms with E-state index in [9.17, 15) is 24.3 Å². The Balaban J connectivity index is 1.43. The minimum Gasteiger partial charge on any atom is -0.496 e. The number of nitrogens with zero attached hydrogens (tertiary/aromatic N) is 1. The van der Waals surface area contributed by atoms with E-state index in [0.29, 0.717) is 29.8 Å². The number of Topliss-reactive ketones (excluding diaryl/α,β-unsaturated/α-hetero) is 2. The van der Waals surface area contributed by atoms with Crippen molar-refractivity contribution in [1.29, 1.82) is 0 Å². The zero-order chi connectivity index (χ0) is 26.8. The maximum Gasteiger partial charge on any atom is 0.271 e. The van der Waals surface area contributed by atoms with E-state index in [0.717, 1.165) is 29.3 Å². The average molecular weight is 518 g/mol. The summed E-state index contributed by atoms with van der Waals surface area (Å²) in [5, 5.41) is 13.1. The Bertz CT molecular complexity index is 1400. The molecular formula is C29H31N3O6. The fourth-order valence-corrected chi connectivity index (χ4v) is 5.66. The molecule has 3 atom stereocenters. The van der Waals surface area contributed by atoms with Crippen LogP contribution in [0.25, 0.3) is 10.9 Å². The first-order valence-electron chi connectivity index (χ1n) is 12.9. The Labute approximate surface area is 220 Å². The van der Waals surface area contributed by atoms with Crippen LogP contribution in [-0.4, -0.2) is 58.1 Å². The summed E-state index contributed by atoms with van der Waals surface area (Å²) >= 11 is 0. The summed E-state index contributed by atoms with van der Waals surface area (Å²) in [5.41, 5.74) is 2.56. The molecule has 1 aliphatic heterocycles. The molecule has 9 heteroatoms. The molecule has 3 N–H and O–H groups in total. The lowest BCUT2D eigenvalue weighted by atomic mass is 9.83. The molecule has 1 aromatic heterocycles. The number of aromatic amines is 1. The molecule has 2 amide bonds. The number of H-pyrrole nitrogens is 1. The molecule has 0 radical (unpaired) electrons. The van der Waals surface area contributed by atoms with Gasteiger partial charge in [0.25, 0.3) is 5.91 Å². The predicted molar refractivity (Wildman–Crippen MR) is 140 cm³/mol. The van der Waals surface area contributed by atoms with Gasteiger partial charge in [-0.25, -0.2) is 0 Å². The predicted octanol–water partition coefficient (Wildman–Crippen LogP) is 3.07. The number of aromatic nitrogens is 1. The number of methoxy groups -OCH3 is 1. The van der Waals surface area contributed by atoms with Crippen molar-refractivity contribution in [3.63, 3.8) is 0 Å². The summed E-state index contributed by atoms with van der Waals surface area (Å²) in [6.07, 6.45) is 2.98. The van der Waals surface area contributed by atoms with Crippen LogP contribution in [0.2, 0.25) is 0 Å². The summed E-state index contributed by atoms with van der Waals surface area (Å²) in [4.78, 5) is 57.1. The van der Waals surface area contributed by atoms with E-state index in [2.05, 4.69) is 10.3 Å². The van der Waals surface area contributed by atoms with Crippen LogP contribution in [0.5, 0.6) is 5.75 Å². The Hall–Kier alpha value is -3.98. The Morgan fingerprint density at radius 3 is 2.74 bits per heavy atom. The number of rotatable bonds is 8. The Kier molecular flexibility index (Phi) is 7.28. The van der Waals surface area contributed by atoms with Gasteiger partial charge in [0.1, 0.15) is 29.9 Å². The van der Waals surface area contributed by atoms with Crippen molar-refractivity contribution in [2.45, 2.75) is 50.7 Å². The van der Waals surface area contributed by atoms with Gasteiger partial charge in [-0.1, -0.05) is 36.8 Å². The van der Waals surface area contributed by atoms with Gasteiger partial charge in [0, 0.05) is 29.8 Å². The smallest absolute Gasteiger partial charge is 0.271 e. The molecule has 1 fully saturated rings. The zero-order valence-electron chi connectivity index (χ0n) is 21.2. The summed E-state index contributed by atoms with van der Waals surface area (Å²) in [5.74, 6) is -1.07. The van der Waals surface area contributed by atoms with Gasteiger partial charge in [-0.2, -0.15) is 0 Å². The van der Waals surface area contributed by atoms with Crippen LogP contribution in [-0.2, 0) is 20.9 Å². The number of ether oxygens (including phenoxy) is 1. The number of carbonyl (C=O) groups is 4. The summed E-state index contributed by atoms with van der Waals surface area (Å²) in [6, 6.07) is 12.5. The molecule has 2 aromatic carbocycles. The Morgan fingerprint density at radius 1 is 1.16 bits per heavy atom. The lowest BCUT2D eigenvalue weighted by Crippen LogP contribution is -2.48. The van der Waals surface area contributed by atoms with E-state index in [1.807, 2.05) is 30.3 Å². The van der Waals surface area contributed by atoms with Crippen molar-refractivity contribution in [3.05, 3.63) is 65.4 Å². The molecule has 0 spiro atoms. The van der Waals surface area contributed by atoms with E-state index in [1.54, 1.807) is 25.3 Å². The third kappa shape index (κ3) is 4.81. The highest BCUT2D eigenvalue weighted by atomic mass is 16.5. The van der Waals surface area contributed by atoms with E-state index in [-0.39, 0.29) is 30.6 Å². The van der Waals surface area contributed by atoms with Gasteiger partial charge in [-0.05, 0) is 48.6 Å². The van der Waals surface area contributed by atoms with Crippen LogP contribution in [0.4, 0.5) is 0 Å². The van der Waals surface area contributed by atoms with Gasteiger partial charge in [0.2, 0.25) is 5.91 Å². The minimum absolute atomic E-state index is 0.0819. The number of benzene rings is 2. The molecule has 2 heterocycles. The summed E-state index contributed by atoms with van der Waals surface area (Å²) < 4.78 is 5.42. The molecule has 0 unspecified atom stereocenters. The van der Waals surface area contributed by atoms with Gasteiger partial charge in [-0.15, -0.1) is 0 Å². The quantitative estimate of drug-likeness (QED) is 0.421. The first-order chi connectivity index (χ1) is 18.4. The number of nitrogens with one attached hydrogen (secondary N) is 2. The minimum atomic E-state index is -1.01. The van der Waals surface area contributed by atoms with Crippen LogP contribution in [0.1, 0.15) is 59.8 Å². The maximum absolute atomic E-state index is 13.8. The molecule has 38 heavy (non-hydrogen) atoms. The highest BCUT2D eigenvalue weighted by Gasteiger charge is 2.41. The monoisotopic (exact) mass is 517 g/mol. The van der Waals surface area contributed by atoms with Crippen molar-refractivity contribution < 1.29 is 29.0 Å². The summed E-state index contributed by atoms with van der Waals surface area (Å²) in [7, 11) is 1.56. The number of aliphatic hydroxyl groups excluding tert-OH is 1. The first kappa shape index (κ1) is 25.7. The lowest BCUT2D eigenvalue weighted by molar-refractivity contribution is -0.133. The van der Waals surface area contributed by atoms with Crippen LogP contribution in [0.3, 0.4) is 0 Å². The number of carbonyl (C=O) groups excluding carboxylic acids is 4. The number of ketones is 2. The molecule has 5 rings (SSSR count). The second kappa shape index (κ2) is 10.8. The maximum atomic E-state index is 13.8. The topological polar surface area (TPSA) is 129 Å². The van der Waals surface area contributed by atoms with Crippen LogP contribution in [0, 0.1) is 5.92 Å². The first-order valence-corrected chi connectivity index (χ1v) is 12.9. The van der Waals surface area contributed by atoms with Crippen molar-refractivity contribution in [2.75, 3.05) is 13.7 Å². The van der Waals surface area contributed by atoms with Crippen molar-refractivity contribution >= 4 is 34.3 Å². The van der Waals surface area contributed by atoms with Crippen molar-refractivity contribution in [3.8, 4) is 5.75 Å². The number of fused-ring (bicyclic) bond motifs is 2. The standard InChI is InChI=1S/C29H31N3O6/c1-38-26-12-6-10-21-20(26)14-23(30-21)29(37)32-15-18-8-2-4-9-19(18)27(32)28(36)31-22(25(35)16-33)13-17-7-3-5-11-24(17)34/h2,4,6,8-10,12,14,17,22,27,30,33H,3,5,7,11,13,15-16H2,1H3,(H,31,36)/t17-,22-,27+/m0/s1. The van der Waals surface area contributed by atoms with Gasteiger partial charge < -0.3 is 25.0 Å². The lowest BCUT2D eigenvalue weighted by Gasteiger charge is -2.28. The molecule has 2 aliphatic rings. The van der Waals surface area contributed by atoms with Gasteiger partial charge in [-0.3, -0.25) is 19.2 Å². The Morgan fingerprint density at radius 2 is 1.97 bits per heavy atom. The fourth-order valence-electron chi connectivity index (χ4n) is 5.66. The molecular weight excluding hydrogens is 486 g/mol. The summed E-state index contributed by atoms with van der Waals surface area (Å²) in [6.45, 7) is -0.522. The van der Waals surface area contributed by atoms with E-state index in [4.69, 9.17) is 4.74 Å². The van der Waals surface area contributed by atoms with Crippen LogP contribution < -0.4 is 10.1 Å². The molecule has 0 bridgehead atoms. The highest BCUT2D eigenvalue weighted by molar-refractivity contribution is 6.02. The third-order valence-corrected chi connectivity index (χ3v) is 7.65. The normalized spacial score (nSPS) is 19.7. The van der Waals surface area contributed by atoms with Crippen molar-refractivity contribution in [1.82, 2.24) is 15.2 Å². The van der Waals surface area contributed by atoms with Gasteiger partial charge in [0.05, 0.1) is 13.2 Å². The second-order valence-corrected chi connectivity index (χ2v) is 9.97. The molecule has 9 nitrogen and oxygen atoms in total. The van der Waals surface area contributed by atoms with Crippen LogP contribution >= 0.6 is 0 Å². The van der Waals surface area contributed by atoms with E-state index >= 15 is 0 Å². The van der Waals surface area contributed by atoms with Crippen LogP contribution in [0.15, 0.2) is 48.5 Å². The number of amides is 2. The number of aliphatic hydroxyl groups is 1. The SMILES string of the molecule is COc1cccc2[nH]c(C(=O)N3Cc4ccccc4[C@@H]3C(=O)N[C@@H](C[C@@H]3CCCCC3=O)C(=O)CO)cc12. The largest absolute Gasteiger partial charge is 0.496 e. The second-order valence-electron chi connectivity index (χ2n) is 9.97. The third-order valence-electron chi connectivity index (χ3n) is 7.65. The highest BCUT2D eigenvalue weighted by Crippen LogP contribution is 2.36. The molecule has 1 aliphatic carbocycles. The van der Waals surface area contributed by atoms with Gasteiger partial charge in [0.15, 0.2) is 5.78 Å². The molecule has 1 saturated carbocycles. The molecule has 3 aromatic rings. The number of hydrogen-bond acceptors (Lipinski definition) is 6. The van der Waals surface area contributed by atoms with Gasteiger partial charge >= 0.3 is 0 Å². The average Bonchev–Trinajstić information content (AvgIpc) is 3.55. The fraction of sp³-hybridized carbons (Fsp3) is 0.379.